The summed E-state index contributed by atoms with van der Waals surface area (Å²) < 4.78 is 0. The van der Waals surface area contributed by atoms with Crippen LogP contribution in [0.25, 0.3) is 0 Å². The molecule has 0 atom stereocenters. The third kappa shape index (κ3) is 2.49. The lowest BCUT2D eigenvalue weighted by molar-refractivity contribution is 0.485. The van der Waals surface area contributed by atoms with Crippen LogP contribution in [0.1, 0.15) is 38.2 Å². The van der Waals surface area contributed by atoms with Gasteiger partial charge in [-0.2, -0.15) is 0 Å². The molecule has 2 rings (SSSR count). The molecule has 1 aromatic rings. The van der Waals surface area contributed by atoms with Gasteiger partial charge in [0.2, 0.25) is 0 Å². The van der Waals surface area contributed by atoms with E-state index in [9.17, 15) is 0 Å². The molecule has 15 heavy (non-hydrogen) atoms. The Labute approximate surface area is 92.1 Å². The maximum absolute atomic E-state index is 4.36. The van der Waals surface area contributed by atoms with Crippen LogP contribution >= 0.6 is 0 Å². The molecule has 1 fully saturated rings. The average molecular weight is 204 g/mol. The molecular formula is C13H20N2. The van der Waals surface area contributed by atoms with E-state index in [1.807, 2.05) is 12.3 Å². The molecule has 2 nitrogen and oxygen atoms in total. The van der Waals surface area contributed by atoms with Gasteiger partial charge in [-0.3, -0.25) is 0 Å². The summed E-state index contributed by atoms with van der Waals surface area (Å²) in [5.41, 5.74) is 1.84. The molecule has 1 aromatic heterocycles. The van der Waals surface area contributed by atoms with Crippen LogP contribution in [-0.2, 0) is 0 Å². The van der Waals surface area contributed by atoms with Crippen molar-refractivity contribution in [2.75, 3.05) is 11.9 Å². The minimum Gasteiger partial charge on any atom is -0.369 e. The molecule has 0 saturated heterocycles. The topological polar surface area (TPSA) is 24.9 Å². The first-order valence-corrected chi connectivity index (χ1v) is 5.91. The Morgan fingerprint density at radius 3 is 2.87 bits per heavy atom. The van der Waals surface area contributed by atoms with E-state index >= 15 is 0 Å². The Morgan fingerprint density at radius 2 is 2.27 bits per heavy atom. The highest BCUT2D eigenvalue weighted by molar-refractivity contribution is 5.42. The van der Waals surface area contributed by atoms with Crippen molar-refractivity contribution >= 4 is 5.82 Å². The minimum atomic E-state index is 0.596. The van der Waals surface area contributed by atoms with Crippen molar-refractivity contribution in [3.05, 3.63) is 23.9 Å². The summed E-state index contributed by atoms with van der Waals surface area (Å²) in [4.78, 5) is 4.36. The molecule has 0 unspecified atom stereocenters. The van der Waals surface area contributed by atoms with E-state index in [0.29, 0.717) is 5.41 Å². The number of hydrogen-bond acceptors (Lipinski definition) is 2. The van der Waals surface area contributed by atoms with E-state index in [4.69, 9.17) is 0 Å². The van der Waals surface area contributed by atoms with Gasteiger partial charge < -0.3 is 5.32 Å². The Balaban J connectivity index is 1.91. The van der Waals surface area contributed by atoms with Gasteiger partial charge in [-0.15, -0.1) is 0 Å². The highest BCUT2D eigenvalue weighted by Gasteiger charge is 2.41. The van der Waals surface area contributed by atoms with Crippen LogP contribution in [0.15, 0.2) is 18.3 Å². The number of nitrogens with zero attached hydrogens (tertiary/aromatic N) is 1. The number of nitrogens with one attached hydrogen (secondary N) is 1. The van der Waals surface area contributed by atoms with Gasteiger partial charge in [0.1, 0.15) is 5.82 Å². The molecule has 0 aliphatic heterocycles. The van der Waals surface area contributed by atoms with E-state index in [1.165, 1.54) is 31.2 Å². The number of pyridine rings is 1. The predicted molar refractivity (Wildman–Crippen MR) is 64.0 cm³/mol. The molecule has 2 heteroatoms. The number of rotatable bonds is 5. The van der Waals surface area contributed by atoms with Crippen molar-refractivity contribution in [3.63, 3.8) is 0 Å². The first-order chi connectivity index (χ1) is 7.26. The molecule has 0 radical (unpaired) electrons. The maximum Gasteiger partial charge on any atom is 0.128 e. The zero-order valence-corrected chi connectivity index (χ0v) is 9.71. The maximum atomic E-state index is 4.36. The molecule has 82 valence electrons. The lowest BCUT2D eigenvalue weighted by Crippen LogP contribution is -2.16. The molecule has 0 amide bonds. The molecule has 0 bridgehead atoms. The molecular weight excluding hydrogens is 184 g/mol. The summed E-state index contributed by atoms with van der Waals surface area (Å²) >= 11 is 0. The number of aromatic nitrogens is 1. The summed E-state index contributed by atoms with van der Waals surface area (Å²) in [6.07, 6.45) is 7.28. The fourth-order valence-electron chi connectivity index (χ4n) is 2.16. The standard InChI is InChI=1S/C13H20N2/c1-3-6-13(7-8-13)10-15-12-11(2)5-4-9-14-12/h4-5,9H,3,6-8,10H2,1-2H3,(H,14,15). The van der Waals surface area contributed by atoms with Crippen molar-refractivity contribution in [1.29, 1.82) is 0 Å². The van der Waals surface area contributed by atoms with Crippen molar-refractivity contribution in [3.8, 4) is 0 Å². The fraction of sp³-hybridized carbons (Fsp3) is 0.615. The highest BCUT2D eigenvalue weighted by Crippen LogP contribution is 2.49. The zero-order valence-electron chi connectivity index (χ0n) is 9.71. The van der Waals surface area contributed by atoms with E-state index in [0.717, 1.165) is 12.4 Å². The SMILES string of the molecule is CCCC1(CNc2ncccc2C)CC1. The first-order valence-electron chi connectivity index (χ1n) is 5.91. The van der Waals surface area contributed by atoms with Gasteiger partial charge in [-0.25, -0.2) is 4.98 Å². The van der Waals surface area contributed by atoms with Crippen molar-refractivity contribution in [2.45, 2.75) is 39.5 Å². The zero-order chi connectivity index (χ0) is 10.7. The molecule has 0 aromatic carbocycles. The second-order valence-electron chi connectivity index (χ2n) is 4.77. The van der Waals surface area contributed by atoms with Crippen LogP contribution in [0, 0.1) is 12.3 Å². The molecule has 1 aliphatic rings. The molecule has 1 saturated carbocycles. The Morgan fingerprint density at radius 1 is 1.47 bits per heavy atom. The van der Waals surface area contributed by atoms with Crippen LogP contribution in [0.5, 0.6) is 0 Å². The van der Waals surface area contributed by atoms with E-state index < -0.39 is 0 Å². The molecule has 1 aliphatic carbocycles. The van der Waals surface area contributed by atoms with E-state index in [1.54, 1.807) is 0 Å². The second kappa shape index (κ2) is 4.21. The van der Waals surface area contributed by atoms with E-state index in [-0.39, 0.29) is 0 Å². The monoisotopic (exact) mass is 204 g/mol. The van der Waals surface area contributed by atoms with Gasteiger partial charge in [-0.1, -0.05) is 19.4 Å². The van der Waals surface area contributed by atoms with E-state index in [2.05, 4.69) is 30.2 Å². The summed E-state index contributed by atoms with van der Waals surface area (Å²) in [6, 6.07) is 4.09. The largest absolute Gasteiger partial charge is 0.369 e. The number of hydrogen-bond donors (Lipinski definition) is 1. The highest BCUT2D eigenvalue weighted by atomic mass is 15.0. The minimum absolute atomic E-state index is 0.596. The van der Waals surface area contributed by atoms with Gasteiger partial charge >= 0.3 is 0 Å². The second-order valence-corrected chi connectivity index (χ2v) is 4.77. The lowest BCUT2D eigenvalue weighted by Gasteiger charge is -2.16. The normalized spacial score (nSPS) is 17.5. The Hall–Kier alpha value is -1.05. The average Bonchev–Trinajstić information content (AvgIpc) is 2.98. The van der Waals surface area contributed by atoms with Crippen LogP contribution in [0.3, 0.4) is 0 Å². The number of anilines is 1. The lowest BCUT2D eigenvalue weighted by atomic mass is 10.0. The van der Waals surface area contributed by atoms with Crippen LogP contribution in [-0.4, -0.2) is 11.5 Å². The third-order valence-electron chi connectivity index (χ3n) is 3.38. The van der Waals surface area contributed by atoms with Crippen molar-refractivity contribution in [2.24, 2.45) is 5.41 Å². The summed E-state index contributed by atoms with van der Waals surface area (Å²) in [5, 5.41) is 3.49. The van der Waals surface area contributed by atoms with Gasteiger partial charge in [0, 0.05) is 12.7 Å². The van der Waals surface area contributed by atoms with Crippen molar-refractivity contribution < 1.29 is 0 Å². The Kier molecular flexibility index (Phi) is 2.94. The third-order valence-corrected chi connectivity index (χ3v) is 3.38. The Bertz CT molecular complexity index is 329. The summed E-state index contributed by atoms with van der Waals surface area (Å²) in [6.45, 7) is 5.47. The summed E-state index contributed by atoms with van der Waals surface area (Å²) in [7, 11) is 0. The van der Waals surface area contributed by atoms with Gasteiger partial charge in [0.05, 0.1) is 0 Å². The van der Waals surface area contributed by atoms with Gasteiger partial charge in [-0.05, 0) is 43.2 Å². The smallest absolute Gasteiger partial charge is 0.128 e. The fourth-order valence-corrected chi connectivity index (χ4v) is 2.16. The predicted octanol–water partition coefficient (Wildman–Crippen LogP) is 3.38. The summed E-state index contributed by atoms with van der Waals surface area (Å²) in [5.74, 6) is 1.06. The molecule has 1 heterocycles. The van der Waals surface area contributed by atoms with Crippen LogP contribution < -0.4 is 5.32 Å². The quantitative estimate of drug-likeness (QED) is 0.795. The van der Waals surface area contributed by atoms with Crippen LogP contribution in [0.2, 0.25) is 0 Å². The van der Waals surface area contributed by atoms with Gasteiger partial charge in [0.15, 0.2) is 0 Å². The molecule has 0 spiro atoms. The first kappa shape index (κ1) is 10.5. The number of aryl methyl sites for hydroxylation is 1. The van der Waals surface area contributed by atoms with Crippen LogP contribution in [0.4, 0.5) is 5.82 Å². The molecule has 1 N–H and O–H groups in total. The van der Waals surface area contributed by atoms with Gasteiger partial charge in [0.25, 0.3) is 0 Å². The van der Waals surface area contributed by atoms with Crippen molar-refractivity contribution in [1.82, 2.24) is 4.98 Å².